The first kappa shape index (κ1) is 16.7. The largest absolute Gasteiger partial charge is 0.497 e. The molecule has 0 radical (unpaired) electrons. The highest BCUT2D eigenvalue weighted by molar-refractivity contribution is 5.84. The van der Waals surface area contributed by atoms with Gasteiger partial charge in [0.25, 0.3) is 0 Å². The molecule has 0 heterocycles. The molecule has 0 spiro atoms. The van der Waals surface area contributed by atoms with Gasteiger partial charge >= 0.3 is 6.18 Å². The van der Waals surface area contributed by atoms with Gasteiger partial charge in [-0.1, -0.05) is 6.07 Å². The smallest absolute Gasteiger partial charge is 0.416 e. The molecule has 0 amide bonds. The van der Waals surface area contributed by atoms with Crippen molar-refractivity contribution in [3.63, 3.8) is 0 Å². The Balaban J connectivity index is 2.13. The number of hydrazone groups is 1. The van der Waals surface area contributed by atoms with Crippen LogP contribution in [0.15, 0.2) is 47.6 Å². The summed E-state index contributed by atoms with van der Waals surface area (Å²) in [6.07, 6.45) is -2.93. The molecule has 23 heavy (non-hydrogen) atoms. The number of halogens is 3. The second-order valence-corrected chi connectivity index (χ2v) is 4.56. The van der Waals surface area contributed by atoms with E-state index < -0.39 is 11.7 Å². The van der Waals surface area contributed by atoms with E-state index in [9.17, 15) is 13.2 Å². The van der Waals surface area contributed by atoms with E-state index in [4.69, 9.17) is 9.47 Å². The zero-order valence-electron chi connectivity index (χ0n) is 12.5. The van der Waals surface area contributed by atoms with Crippen molar-refractivity contribution in [3.05, 3.63) is 53.6 Å². The van der Waals surface area contributed by atoms with Crippen LogP contribution < -0.4 is 14.9 Å². The molecule has 7 heteroatoms. The van der Waals surface area contributed by atoms with Gasteiger partial charge in [0.1, 0.15) is 11.5 Å². The number of nitrogens with zero attached hydrogens (tertiary/aromatic N) is 1. The molecule has 0 aromatic heterocycles. The molecule has 2 aromatic carbocycles. The molecule has 4 nitrogen and oxygen atoms in total. The topological polar surface area (TPSA) is 42.8 Å². The summed E-state index contributed by atoms with van der Waals surface area (Å²) in [5.41, 5.74) is 2.73. The predicted molar refractivity (Wildman–Crippen MR) is 82.2 cm³/mol. The van der Waals surface area contributed by atoms with Crippen LogP contribution in [0.2, 0.25) is 0 Å². The van der Waals surface area contributed by atoms with Crippen LogP contribution in [0, 0.1) is 0 Å². The first-order valence-electron chi connectivity index (χ1n) is 6.62. The number of methoxy groups -OCH3 is 2. The zero-order valence-corrected chi connectivity index (χ0v) is 12.5. The Morgan fingerprint density at radius 3 is 2.48 bits per heavy atom. The third kappa shape index (κ3) is 4.38. The fourth-order valence-corrected chi connectivity index (χ4v) is 1.87. The van der Waals surface area contributed by atoms with Gasteiger partial charge in [-0.15, -0.1) is 0 Å². The van der Waals surface area contributed by atoms with Crippen LogP contribution in [0.1, 0.15) is 11.1 Å². The molecule has 0 aliphatic carbocycles. The van der Waals surface area contributed by atoms with Crippen molar-refractivity contribution in [2.75, 3.05) is 19.6 Å². The average molecular weight is 324 g/mol. The predicted octanol–water partition coefficient (Wildman–Crippen LogP) is 4.17. The van der Waals surface area contributed by atoms with Gasteiger partial charge in [-0.05, 0) is 30.3 Å². The summed E-state index contributed by atoms with van der Waals surface area (Å²) >= 11 is 0. The van der Waals surface area contributed by atoms with Crippen LogP contribution in [0.4, 0.5) is 18.9 Å². The molecule has 0 fully saturated rings. The van der Waals surface area contributed by atoms with Gasteiger partial charge < -0.3 is 9.47 Å². The number of rotatable bonds is 5. The van der Waals surface area contributed by atoms with Crippen LogP contribution in [-0.2, 0) is 6.18 Å². The summed E-state index contributed by atoms with van der Waals surface area (Å²) in [7, 11) is 3.05. The Bertz CT molecular complexity index is 700. The van der Waals surface area contributed by atoms with Gasteiger partial charge in [0.15, 0.2) is 0 Å². The second kappa shape index (κ2) is 7.04. The molecule has 2 rings (SSSR count). The van der Waals surface area contributed by atoms with Crippen LogP contribution in [0.3, 0.4) is 0 Å². The van der Waals surface area contributed by atoms with Crippen molar-refractivity contribution in [1.29, 1.82) is 0 Å². The summed E-state index contributed by atoms with van der Waals surface area (Å²) in [5.74, 6) is 1.17. The first-order chi connectivity index (χ1) is 10.9. The van der Waals surface area contributed by atoms with Crippen molar-refractivity contribution in [2.45, 2.75) is 6.18 Å². The number of nitrogens with one attached hydrogen (secondary N) is 1. The molecule has 122 valence electrons. The summed E-state index contributed by atoms with van der Waals surface area (Å²) in [6, 6.07) is 9.95. The Labute approximate surface area is 131 Å². The second-order valence-electron chi connectivity index (χ2n) is 4.56. The summed E-state index contributed by atoms with van der Waals surface area (Å²) in [4.78, 5) is 0. The minimum Gasteiger partial charge on any atom is -0.497 e. The van der Waals surface area contributed by atoms with Crippen molar-refractivity contribution in [3.8, 4) is 11.5 Å². The van der Waals surface area contributed by atoms with Gasteiger partial charge in [-0.2, -0.15) is 18.3 Å². The molecular formula is C16H15F3N2O2. The van der Waals surface area contributed by atoms with E-state index in [0.29, 0.717) is 17.1 Å². The maximum absolute atomic E-state index is 12.6. The van der Waals surface area contributed by atoms with Crippen LogP contribution in [-0.4, -0.2) is 20.4 Å². The molecular weight excluding hydrogens is 309 g/mol. The molecule has 0 aliphatic heterocycles. The van der Waals surface area contributed by atoms with Crippen LogP contribution >= 0.6 is 0 Å². The lowest BCUT2D eigenvalue weighted by molar-refractivity contribution is -0.137. The molecule has 0 saturated heterocycles. The average Bonchev–Trinajstić information content (AvgIpc) is 2.54. The molecule has 0 unspecified atom stereocenters. The highest BCUT2D eigenvalue weighted by Gasteiger charge is 2.30. The van der Waals surface area contributed by atoms with E-state index in [1.807, 2.05) is 0 Å². The SMILES string of the molecule is COc1ccc(C=NNc2cccc(C(F)(F)F)c2)c(OC)c1. The number of benzene rings is 2. The third-order valence-corrected chi connectivity index (χ3v) is 3.03. The Kier molecular flexibility index (Phi) is 5.10. The van der Waals surface area contributed by atoms with E-state index in [1.54, 1.807) is 18.2 Å². The lowest BCUT2D eigenvalue weighted by Gasteiger charge is -2.09. The van der Waals surface area contributed by atoms with E-state index >= 15 is 0 Å². The zero-order chi connectivity index (χ0) is 16.9. The monoisotopic (exact) mass is 324 g/mol. The van der Waals surface area contributed by atoms with E-state index in [1.165, 1.54) is 32.6 Å². The highest BCUT2D eigenvalue weighted by Crippen LogP contribution is 2.30. The van der Waals surface area contributed by atoms with Crippen molar-refractivity contribution in [1.82, 2.24) is 0 Å². The number of hydrogen-bond donors (Lipinski definition) is 1. The van der Waals surface area contributed by atoms with E-state index in [-0.39, 0.29) is 5.69 Å². The highest BCUT2D eigenvalue weighted by atomic mass is 19.4. The number of hydrogen-bond acceptors (Lipinski definition) is 4. The summed E-state index contributed by atoms with van der Waals surface area (Å²) < 4.78 is 48.2. The van der Waals surface area contributed by atoms with Crippen LogP contribution in [0.5, 0.6) is 11.5 Å². The normalized spacial score (nSPS) is 11.5. The maximum atomic E-state index is 12.6. The van der Waals surface area contributed by atoms with Gasteiger partial charge in [0.2, 0.25) is 0 Å². The van der Waals surface area contributed by atoms with E-state index in [0.717, 1.165) is 12.1 Å². The summed E-state index contributed by atoms with van der Waals surface area (Å²) in [6.45, 7) is 0. The number of anilines is 1. The first-order valence-corrected chi connectivity index (χ1v) is 6.62. The fraction of sp³-hybridized carbons (Fsp3) is 0.188. The minimum absolute atomic E-state index is 0.239. The maximum Gasteiger partial charge on any atom is 0.416 e. The molecule has 0 saturated carbocycles. The summed E-state index contributed by atoms with van der Waals surface area (Å²) in [5, 5.41) is 3.94. The van der Waals surface area contributed by atoms with Gasteiger partial charge in [0.05, 0.1) is 31.7 Å². The number of alkyl halides is 3. The molecule has 0 aliphatic rings. The molecule has 2 aromatic rings. The lowest BCUT2D eigenvalue weighted by atomic mass is 10.2. The lowest BCUT2D eigenvalue weighted by Crippen LogP contribution is -2.05. The number of ether oxygens (including phenoxy) is 2. The molecule has 0 bridgehead atoms. The Morgan fingerprint density at radius 2 is 1.83 bits per heavy atom. The minimum atomic E-state index is -4.39. The fourth-order valence-electron chi connectivity index (χ4n) is 1.87. The third-order valence-electron chi connectivity index (χ3n) is 3.03. The molecule has 1 N–H and O–H groups in total. The van der Waals surface area contributed by atoms with Crippen LogP contribution in [0.25, 0.3) is 0 Å². The van der Waals surface area contributed by atoms with Gasteiger partial charge in [-0.25, -0.2) is 0 Å². The van der Waals surface area contributed by atoms with E-state index in [2.05, 4.69) is 10.5 Å². The molecule has 0 atom stereocenters. The van der Waals surface area contributed by atoms with Crippen molar-refractivity contribution in [2.24, 2.45) is 5.10 Å². The van der Waals surface area contributed by atoms with Gasteiger partial charge in [0, 0.05) is 11.6 Å². The quantitative estimate of drug-likeness (QED) is 0.663. The van der Waals surface area contributed by atoms with Crippen molar-refractivity contribution < 1.29 is 22.6 Å². The van der Waals surface area contributed by atoms with Gasteiger partial charge in [-0.3, -0.25) is 5.43 Å². The standard InChI is InChI=1S/C16H15F3N2O2/c1-22-14-7-6-11(15(9-14)23-2)10-20-21-13-5-3-4-12(8-13)16(17,18)19/h3-10,21H,1-2H3. The van der Waals surface area contributed by atoms with Crippen molar-refractivity contribution >= 4 is 11.9 Å². The Morgan fingerprint density at radius 1 is 1.04 bits per heavy atom. The Hall–Kier alpha value is -2.70.